The molecule has 0 aliphatic carbocycles. The largest absolute Gasteiger partial charge is 0.508 e. The number of aryl methyl sites for hydroxylation is 1. The number of carbonyl (C=O) groups excluding carboxylic acids is 2. The second kappa shape index (κ2) is 17.5. The number of fused-ring (bicyclic) bond motifs is 5. The second-order valence-corrected chi connectivity index (χ2v) is 14.0. The summed E-state index contributed by atoms with van der Waals surface area (Å²) in [6.07, 6.45) is 1.24. The fourth-order valence-electron chi connectivity index (χ4n) is 7.41. The highest BCUT2D eigenvalue weighted by Gasteiger charge is 2.49. The van der Waals surface area contributed by atoms with Crippen molar-refractivity contribution in [3.05, 3.63) is 56.9 Å². The quantitative estimate of drug-likeness (QED) is 0.0543. The number of amides is 2. The highest BCUT2D eigenvalue weighted by Crippen LogP contribution is 2.44. The van der Waals surface area contributed by atoms with Gasteiger partial charge in [-0.2, -0.15) is 0 Å². The van der Waals surface area contributed by atoms with Gasteiger partial charge in [0.1, 0.15) is 17.6 Å². The van der Waals surface area contributed by atoms with Crippen LogP contribution >= 0.6 is 0 Å². The molecule has 5 rings (SSSR count). The molecule has 3 aromatic rings. The summed E-state index contributed by atoms with van der Waals surface area (Å²) in [4.78, 5) is 44.6. The van der Waals surface area contributed by atoms with Crippen LogP contribution in [-0.2, 0) is 44.2 Å². The summed E-state index contributed by atoms with van der Waals surface area (Å²) in [7, 11) is 1.58. The standard InChI is InChI=1S/C38H54N6O9/c1-5-8-9-10-11-12-32(47)41-29(19-31(39)46)34(48)40-15-16-43(4)37(51)53-38(7-3)27-18-30-33-25(20-44(30)35(49)26(27)21-52-36(38)50)23(6-2)24-17-22(45)13-14-28(24)42-33/h13-14,17-18,29,34,36-37,40,45,48,50-51H,5-12,15-16,19-21H2,1-4H3,(H2,39,46)(H,41,47)/t29-,34?,36?,37?,38+/m1/s1. The number of nitrogens with one attached hydrogen (secondary N) is 2. The second-order valence-electron chi connectivity index (χ2n) is 14.0. The third-order valence-electron chi connectivity index (χ3n) is 10.4. The molecular formula is C38H54N6O9. The van der Waals surface area contributed by atoms with Crippen LogP contribution in [0, 0.1) is 0 Å². The Morgan fingerprint density at radius 1 is 1.15 bits per heavy atom. The molecule has 5 atom stereocenters. The summed E-state index contributed by atoms with van der Waals surface area (Å²) in [5.41, 5.74) is 7.87. The number of likely N-dealkylation sites (N-methyl/N-ethyl adjacent to an activating group) is 1. The van der Waals surface area contributed by atoms with Gasteiger partial charge in [-0.25, -0.2) is 4.98 Å². The Labute approximate surface area is 309 Å². The van der Waals surface area contributed by atoms with Crippen LogP contribution in [-0.4, -0.2) is 91.8 Å². The number of nitrogens with two attached hydrogens (primary N) is 1. The Bertz CT molecular complexity index is 1850. The number of pyridine rings is 2. The number of phenols is 1. The SMILES string of the molecule is CCCCCCCC(=O)N[C@H](CC(N)=O)C(O)NCCN(C)C(O)O[C@@]1(CC)c2cc3n(c(=O)c2COC1O)Cc1c-3nc2ccc(O)cc2c1CC. The molecule has 0 spiro atoms. The molecule has 2 aliphatic rings. The van der Waals surface area contributed by atoms with E-state index in [1.54, 1.807) is 42.8 Å². The maximum Gasteiger partial charge on any atom is 0.257 e. The van der Waals surface area contributed by atoms with Crippen LogP contribution in [0.25, 0.3) is 22.3 Å². The zero-order valence-corrected chi connectivity index (χ0v) is 31.1. The van der Waals surface area contributed by atoms with E-state index in [9.17, 15) is 34.8 Å². The lowest BCUT2D eigenvalue weighted by molar-refractivity contribution is -0.326. The molecule has 1 aromatic carbocycles. The van der Waals surface area contributed by atoms with E-state index in [1.807, 2.05) is 6.92 Å². The molecule has 0 radical (unpaired) electrons. The number of rotatable bonds is 19. The van der Waals surface area contributed by atoms with Crippen molar-refractivity contribution in [2.75, 3.05) is 20.1 Å². The van der Waals surface area contributed by atoms with Crippen molar-refractivity contribution in [3.63, 3.8) is 0 Å². The number of hydrogen-bond donors (Lipinski definition) is 7. The van der Waals surface area contributed by atoms with E-state index < -0.39 is 36.5 Å². The highest BCUT2D eigenvalue weighted by molar-refractivity contribution is 5.89. The molecule has 2 amide bonds. The Morgan fingerprint density at radius 2 is 1.91 bits per heavy atom. The number of aliphatic hydroxyl groups excluding tert-OH is 3. The van der Waals surface area contributed by atoms with Gasteiger partial charge in [-0.15, -0.1) is 0 Å². The van der Waals surface area contributed by atoms with E-state index in [4.69, 9.17) is 20.2 Å². The van der Waals surface area contributed by atoms with Crippen molar-refractivity contribution in [1.82, 2.24) is 25.1 Å². The molecule has 53 heavy (non-hydrogen) atoms. The Kier molecular flexibility index (Phi) is 13.2. The molecule has 3 unspecified atom stereocenters. The molecule has 2 aliphatic heterocycles. The van der Waals surface area contributed by atoms with E-state index in [0.29, 0.717) is 40.9 Å². The van der Waals surface area contributed by atoms with Crippen LogP contribution in [0.4, 0.5) is 0 Å². The van der Waals surface area contributed by atoms with Crippen molar-refractivity contribution >= 4 is 22.7 Å². The van der Waals surface area contributed by atoms with Gasteiger partial charge in [0.25, 0.3) is 5.56 Å². The predicted octanol–water partition coefficient (Wildman–Crippen LogP) is 2.00. The third kappa shape index (κ3) is 8.56. The summed E-state index contributed by atoms with van der Waals surface area (Å²) >= 11 is 0. The summed E-state index contributed by atoms with van der Waals surface area (Å²) in [6.45, 7) is 6.25. The van der Waals surface area contributed by atoms with Gasteiger partial charge < -0.3 is 45.5 Å². The number of hydrogen-bond acceptors (Lipinski definition) is 12. The van der Waals surface area contributed by atoms with E-state index in [2.05, 4.69) is 17.6 Å². The van der Waals surface area contributed by atoms with Gasteiger partial charge in [-0.05, 0) is 56.1 Å². The molecular weight excluding hydrogens is 684 g/mol. The minimum Gasteiger partial charge on any atom is -0.508 e. The normalized spacial score (nSPS) is 19.4. The van der Waals surface area contributed by atoms with Gasteiger partial charge in [0, 0.05) is 41.6 Å². The van der Waals surface area contributed by atoms with Crippen molar-refractivity contribution in [2.24, 2.45) is 5.73 Å². The third-order valence-corrected chi connectivity index (χ3v) is 10.4. The van der Waals surface area contributed by atoms with E-state index >= 15 is 0 Å². The van der Waals surface area contributed by atoms with Gasteiger partial charge in [-0.3, -0.25) is 24.6 Å². The van der Waals surface area contributed by atoms with Crippen molar-refractivity contribution < 1.29 is 39.5 Å². The minimum atomic E-state index is -1.63. The van der Waals surface area contributed by atoms with Crippen LogP contribution in [0.3, 0.4) is 0 Å². The molecule has 4 heterocycles. The van der Waals surface area contributed by atoms with Gasteiger partial charge in [0.15, 0.2) is 6.29 Å². The molecule has 0 saturated carbocycles. The first-order valence-corrected chi connectivity index (χ1v) is 18.6. The smallest absolute Gasteiger partial charge is 0.257 e. The summed E-state index contributed by atoms with van der Waals surface area (Å²) in [6, 6.07) is 5.84. The Morgan fingerprint density at radius 3 is 2.60 bits per heavy atom. The van der Waals surface area contributed by atoms with Gasteiger partial charge in [0.05, 0.1) is 42.5 Å². The topological polar surface area (TPSA) is 222 Å². The summed E-state index contributed by atoms with van der Waals surface area (Å²) in [5, 5.41) is 50.0. The van der Waals surface area contributed by atoms with Gasteiger partial charge in [-0.1, -0.05) is 46.5 Å². The predicted molar refractivity (Wildman–Crippen MR) is 197 cm³/mol. The van der Waals surface area contributed by atoms with E-state index in [0.717, 1.165) is 42.2 Å². The van der Waals surface area contributed by atoms with Crippen LogP contribution < -0.4 is 21.9 Å². The van der Waals surface area contributed by atoms with Crippen molar-refractivity contribution in [1.29, 1.82) is 0 Å². The monoisotopic (exact) mass is 738 g/mol. The average Bonchev–Trinajstić information content (AvgIpc) is 3.49. The maximum absolute atomic E-state index is 14.1. The van der Waals surface area contributed by atoms with Crippen LogP contribution in [0.5, 0.6) is 5.75 Å². The Hall–Kier alpha value is -3.96. The average molecular weight is 739 g/mol. The first-order chi connectivity index (χ1) is 25.3. The number of ether oxygens (including phenoxy) is 2. The zero-order valence-electron chi connectivity index (χ0n) is 31.1. The molecule has 0 saturated heterocycles. The molecule has 0 fully saturated rings. The number of phenolic OH excluding ortho intramolecular Hbond substituents is 1. The first kappa shape index (κ1) is 40.2. The lowest BCUT2D eigenvalue weighted by Crippen LogP contribution is -2.54. The number of aromatic hydroxyl groups is 1. The molecule has 0 bridgehead atoms. The zero-order chi connectivity index (χ0) is 38.4. The lowest BCUT2D eigenvalue weighted by Gasteiger charge is -2.44. The summed E-state index contributed by atoms with van der Waals surface area (Å²) in [5.74, 6) is -0.831. The highest BCUT2D eigenvalue weighted by atomic mass is 16.7. The molecule has 290 valence electrons. The number of nitrogens with zero attached hydrogens (tertiary/aromatic N) is 3. The number of aliphatic hydroxyl groups is 3. The molecule has 2 aromatic heterocycles. The van der Waals surface area contributed by atoms with Crippen molar-refractivity contribution in [3.8, 4) is 17.1 Å². The van der Waals surface area contributed by atoms with Gasteiger partial charge in [0.2, 0.25) is 18.2 Å². The molecule has 15 heteroatoms. The van der Waals surface area contributed by atoms with Crippen LogP contribution in [0.1, 0.15) is 94.4 Å². The van der Waals surface area contributed by atoms with Gasteiger partial charge >= 0.3 is 0 Å². The minimum absolute atomic E-state index is 0.109. The fraction of sp³-hybridized carbons (Fsp3) is 0.579. The fourth-order valence-corrected chi connectivity index (χ4v) is 7.41. The number of benzene rings is 1. The van der Waals surface area contributed by atoms with E-state index in [-0.39, 0.29) is 62.7 Å². The maximum atomic E-state index is 14.1. The van der Waals surface area contributed by atoms with Crippen LogP contribution in [0.15, 0.2) is 29.1 Å². The van der Waals surface area contributed by atoms with Crippen LogP contribution in [0.2, 0.25) is 0 Å². The van der Waals surface area contributed by atoms with E-state index in [1.165, 1.54) is 4.90 Å². The van der Waals surface area contributed by atoms with Crippen molar-refractivity contribution in [2.45, 2.75) is 122 Å². The molecule has 15 nitrogen and oxygen atoms in total. The number of unbranched alkanes of at least 4 members (excludes halogenated alkanes) is 4. The number of aromatic nitrogens is 2. The first-order valence-electron chi connectivity index (χ1n) is 18.6. The summed E-state index contributed by atoms with van der Waals surface area (Å²) < 4.78 is 13.6. The lowest BCUT2D eigenvalue weighted by atomic mass is 9.84. The molecule has 8 N–H and O–H groups in total. The number of carbonyl (C=O) groups is 2. The Balaban J connectivity index is 1.30. The number of primary amides is 1.